The van der Waals surface area contributed by atoms with Gasteiger partial charge in [0, 0.05) is 28.6 Å². The summed E-state index contributed by atoms with van der Waals surface area (Å²) in [7, 11) is 0. The molecule has 0 aliphatic heterocycles. The fourth-order valence-corrected chi connectivity index (χ4v) is 2.21. The van der Waals surface area contributed by atoms with Gasteiger partial charge in [0.2, 0.25) is 0 Å². The minimum Gasteiger partial charge on any atom is -0.379 e. The lowest BCUT2D eigenvalue weighted by Crippen LogP contribution is -2.05. The molecule has 2 rings (SSSR count). The molecule has 0 radical (unpaired) electrons. The average molecular weight is 314 g/mol. The number of benzene rings is 1. The van der Waals surface area contributed by atoms with Gasteiger partial charge >= 0.3 is 0 Å². The minimum atomic E-state index is 0.729. The highest BCUT2D eigenvalue weighted by Crippen LogP contribution is 2.25. The highest BCUT2D eigenvalue weighted by molar-refractivity contribution is 9.10. The Morgan fingerprint density at radius 2 is 2.18 bits per heavy atom. The number of anilines is 1. The number of halogens is 2. The van der Waals surface area contributed by atoms with Crippen LogP contribution in [0.25, 0.3) is 0 Å². The summed E-state index contributed by atoms with van der Waals surface area (Å²) in [4.78, 5) is 0. The molecule has 1 aromatic carbocycles. The predicted molar refractivity (Wildman–Crippen MR) is 76.6 cm³/mol. The molecule has 0 saturated heterocycles. The van der Waals surface area contributed by atoms with E-state index in [1.54, 1.807) is 0 Å². The van der Waals surface area contributed by atoms with Gasteiger partial charge in [-0.1, -0.05) is 11.6 Å². The molecule has 2 nitrogen and oxygen atoms in total. The summed E-state index contributed by atoms with van der Waals surface area (Å²) >= 11 is 9.37. The summed E-state index contributed by atoms with van der Waals surface area (Å²) < 4.78 is 3.13. The van der Waals surface area contributed by atoms with Crippen molar-refractivity contribution < 1.29 is 0 Å². The van der Waals surface area contributed by atoms with Crippen LogP contribution in [0.2, 0.25) is 5.02 Å². The summed E-state index contributed by atoms with van der Waals surface area (Å²) in [5.74, 6) is 0. The Morgan fingerprint density at radius 1 is 1.35 bits per heavy atom. The number of aryl methyl sites for hydroxylation is 1. The molecule has 0 atom stereocenters. The Balaban J connectivity index is 2.05. The van der Waals surface area contributed by atoms with Crippen molar-refractivity contribution in [3.05, 3.63) is 51.7 Å². The van der Waals surface area contributed by atoms with Gasteiger partial charge in [-0.3, -0.25) is 0 Å². The van der Waals surface area contributed by atoms with Crippen LogP contribution in [-0.2, 0) is 13.1 Å². The molecule has 0 unspecified atom stereocenters. The van der Waals surface area contributed by atoms with Gasteiger partial charge in [0.05, 0.1) is 11.6 Å². The Morgan fingerprint density at radius 3 is 2.88 bits per heavy atom. The van der Waals surface area contributed by atoms with Gasteiger partial charge in [0.1, 0.15) is 0 Å². The van der Waals surface area contributed by atoms with Crippen LogP contribution in [0.3, 0.4) is 0 Å². The number of hydrogen-bond acceptors (Lipinski definition) is 1. The van der Waals surface area contributed by atoms with Crippen molar-refractivity contribution in [2.24, 2.45) is 0 Å². The lowest BCUT2D eigenvalue weighted by molar-refractivity contribution is 0.724. The van der Waals surface area contributed by atoms with Gasteiger partial charge in [-0.2, -0.15) is 0 Å². The Labute approximate surface area is 115 Å². The maximum Gasteiger partial charge on any atom is 0.0553 e. The minimum absolute atomic E-state index is 0.729. The van der Waals surface area contributed by atoms with Crippen LogP contribution >= 0.6 is 27.5 Å². The molecule has 4 heteroatoms. The number of nitrogens with zero attached hydrogens (tertiary/aromatic N) is 1. The van der Waals surface area contributed by atoms with E-state index in [2.05, 4.69) is 51.1 Å². The van der Waals surface area contributed by atoms with Gasteiger partial charge in [-0.05, 0) is 53.2 Å². The van der Waals surface area contributed by atoms with Gasteiger partial charge in [0.25, 0.3) is 0 Å². The molecular weight excluding hydrogens is 300 g/mol. The normalized spacial score (nSPS) is 10.5. The van der Waals surface area contributed by atoms with Crippen LogP contribution < -0.4 is 5.32 Å². The molecule has 0 spiro atoms. The third kappa shape index (κ3) is 3.05. The predicted octanol–water partition coefficient (Wildman–Crippen LogP) is 4.54. The quantitative estimate of drug-likeness (QED) is 0.877. The van der Waals surface area contributed by atoms with Crippen molar-refractivity contribution in [1.82, 2.24) is 4.57 Å². The highest BCUT2D eigenvalue weighted by Gasteiger charge is 2.01. The zero-order valence-electron chi connectivity index (χ0n) is 9.58. The molecule has 0 aliphatic rings. The number of rotatable bonds is 4. The van der Waals surface area contributed by atoms with Crippen LogP contribution in [0.15, 0.2) is 41.0 Å². The smallest absolute Gasteiger partial charge is 0.0553 e. The molecular formula is C13H14BrClN2. The Bertz CT molecular complexity index is 508. The second-order valence-corrected chi connectivity index (χ2v) is 5.03. The zero-order valence-corrected chi connectivity index (χ0v) is 11.9. The van der Waals surface area contributed by atoms with Gasteiger partial charge in [-0.15, -0.1) is 0 Å². The monoisotopic (exact) mass is 312 g/mol. The first-order valence-electron chi connectivity index (χ1n) is 5.53. The first-order valence-corrected chi connectivity index (χ1v) is 6.70. The summed E-state index contributed by atoms with van der Waals surface area (Å²) in [5, 5.41) is 4.11. The Kier molecular flexibility index (Phi) is 4.13. The highest BCUT2D eigenvalue weighted by atomic mass is 79.9. The van der Waals surface area contributed by atoms with Crippen molar-refractivity contribution >= 4 is 33.2 Å². The van der Waals surface area contributed by atoms with Crippen LogP contribution in [0.1, 0.15) is 12.6 Å². The number of hydrogen-bond donors (Lipinski definition) is 1. The van der Waals surface area contributed by atoms with Gasteiger partial charge in [-0.25, -0.2) is 0 Å². The molecule has 0 fully saturated rings. The Hall–Kier alpha value is -0.930. The largest absolute Gasteiger partial charge is 0.379 e. The molecule has 1 heterocycles. The molecule has 2 aromatic rings. The van der Waals surface area contributed by atoms with Crippen molar-refractivity contribution in [2.75, 3.05) is 5.32 Å². The van der Waals surface area contributed by atoms with E-state index in [1.165, 1.54) is 5.69 Å². The van der Waals surface area contributed by atoms with Gasteiger partial charge in [0.15, 0.2) is 0 Å². The molecule has 1 N–H and O–H groups in total. The lowest BCUT2D eigenvalue weighted by Gasteiger charge is -2.10. The molecule has 0 saturated carbocycles. The van der Waals surface area contributed by atoms with E-state index in [4.69, 9.17) is 11.6 Å². The molecule has 0 amide bonds. The van der Waals surface area contributed by atoms with E-state index in [1.807, 2.05) is 18.2 Å². The molecule has 0 aliphatic carbocycles. The first-order chi connectivity index (χ1) is 8.20. The van der Waals surface area contributed by atoms with Crippen LogP contribution in [0.5, 0.6) is 0 Å². The molecule has 1 aromatic heterocycles. The van der Waals surface area contributed by atoms with E-state index in [0.717, 1.165) is 28.3 Å². The van der Waals surface area contributed by atoms with E-state index in [0.29, 0.717) is 0 Å². The third-order valence-electron chi connectivity index (χ3n) is 2.66. The van der Waals surface area contributed by atoms with Crippen molar-refractivity contribution in [3.8, 4) is 0 Å². The zero-order chi connectivity index (χ0) is 12.3. The topological polar surface area (TPSA) is 17.0 Å². The lowest BCUT2D eigenvalue weighted by atomic mass is 10.3. The van der Waals surface area contributed by atoms with Crippen LogP contribution in [0, 0.1) is 0 Å². The van der Waals surface area contributed by atoms with E-state index >= 15 is 0 Å². The van der Waals surface area contributed by atoms with Crippen LogP contribution in [-0.4, -0.2) is 4.57 Å². The van der Waals surface area contributed by atoms with E-state index < -0.39 is 0 Å². The van der Waals surface area contributed by atoms with Crippen molar-refractivity contribution in [2.45, 2.75) is 20.0 Å². The standard InChI is InChI=1S/C13H14BrClN2/c1-2-17-7-3-4-11(17)9-16-10-5-6-13(15)12(14)8-10/h3-8,16H,2,9H2,1H3. The molecule has 17 heavy (non-hydrogen) atoms. The van der Waals surface area contributed by atoms with Crippen molar-refractivity contribution in [1.29, 1.82) is 0 Å². The summed E-state index contributed by atoms with van der Waals surface area (Å²) in [6, 6.07) is 10.0. The van der Waals surface area contributed by atoms with E-state index in [-0.39, 0.29) is 0 Å². The fourth-order valence-electron chi connectivity index (χ4n) is 1.72. The second-order valence-electron chi connectivity index (χ2n) is 3.77. The average Bonchev–Trinajstić information content (AvgIpc) is 2.78. The SMILES string of the molecule is CCn1cccc1CNc1ccc(Cl)c(Br)c1. The molecule has 0 bridgehead atoms. The van der Waals surface area contributed by atoms with Crippen molar-refractivity contribution in [3.63, 3.8) is 0 Å². The number of nitrogens with one attached hydrogen (secondary N) is 1. The summed E-state index contributed by atoms with van der Waals surface area (Å²) in [5.41, 5.74) is 2.34. The number of aromatic nitrogens is 1. The van der Waals surface area contributed by atoms with Gasteiger partial charge < -0.3 is 9.88 Å². The summed E-state index contributed by atoms with van der Waals surface area (Å²) in [6.45, 7) is 3.95. The maximum absolute atomic E-state index is 5.95. The third-order valence-corrected chi connectivity index (χ3v) is 3.87. The maximum atomic E-state index is 5.95. The van der Waals surface area contributed by atoms with E-state index in [9.17, 15) is 0 Å². The molecule has 90 valence electrons. The fraction of sp³-hybridized carbons (Fsp3) is 0.231. The second kappa shape index (κ2) is 5.61. The first kappa shape index (κ1) is 12.5. The summed E-state index contributed by atoms with van der Waals surface area (Å²) in [6.07, 6.45) is 2.09. The van der Waals surface area contributed by atoms with Crippen LogP contribution in [0.4, 0.5) is 5.69 Å².